The fourth-order valence-electron chi connectivity index (χ4n) is 4.51. The maximum atomic E-state index is 6.36. The van der Waals surface area contributed by atoms with E-state index in [2.05, 4.69) is 27.7 Å². The second-order valence-corrected chi connectivity index (χ2v) is 13.1. The lowest BCUT2D eigenvalue weighted by Crippen LogP contribution is -2.50. The normalized spacial score (nSPS) is 12.0. The monoisotopic (exact) mass is 544 g/mol. The molecule has 0 saturated carbocycles. The van der Waals surface area contributed by atoms with Crippen molar-refractivity contribution < 1.29 is 17.7 Å². The van der Waals surface area contributed by atoms with Crippen LogP contribution in [-0.4, -0.2) is 35.5 Å². The molecule has 0 N–H and O–H groups in total. The maximum absolute atomic E-state index is 6.36. The van der Waals surface area contributed by atoms with Gasteiger partial charge in [0.05, 0.1) is 0 Å². The van der Waals surface area contributed by atoms with Crippen LogP contribution in [-0.2, 0) is 17.7 Å². The van der Waals surface area contributed by atoms with Crippen molar-refractivity contribution in [1.82, 2.24) is 0 Å². The molecule has 0 aromatic rings. The van der Waals surface area contributed by atoms with Crippen molar-refractivity contribution in [3.63, 3.8) is 0 Å². The molecule has 37 heavy (non-hydrogen) atoms. The molecule has 4 nitrogen and oxygen atoms in total. The van der Waals surface area contributed by atoms with Gasteiger partial charge in [0.25, 0.3) is 0 Å². The number of hydrogen-bond acceptors (Lipinski definition) is 4. The van der Waals surface area contributed by atoms with Gasteiger partial charge in [-0.1, -0.05) is 156 Å². The van der Waals surface area contributed by atoms with Crippen LogP contribution in [0.15, 0.2) is 0 Å². The van der Waals surface area contributed by atoms with Gasteiger partial charge in [-0.25, -0.2) is 0 Å². The lowest BCUT2D eigenvalue weighted by Gasteiger charge is -2.28. The van der Waals surface area contributed by atoms with Crippen LogP contribution in [0, 0.1) is 0 Å². The summed E-state index contributed by atoms with van der Waals surface area (Å²) in [6.07, 6.45) is 30.8. The van der Waals surface area contributed by atoms with Crippen molar-refractivity contribution in [2.45, 2.75) is 182 Å². The molecule has 0 heterocycles. The van der Waals surface area contributed by atoms with Gasteiger partial charge in [0.1, 0.15) is 0 Å². The third-order valence-electron chi connectivity index (χ3n) is 7.11. The predicted octanol–water partition coefficient (Wildman–Crippen LogP) is 10.9. The molecule has 0 unspecified atom stereocenters. The van der Waals surface area contributed by atoms with Crippen LogP contribution in [0.25, 0.3) is 0 Å². The van der Waals surface area contributed by atoms with Gasteiger partial charge >= 0.3 is 9.05 Å². The standard InChI is InChI=1S/C32H68O4Si/c1-5-9-13-15-17-19-21-23-25-27-31-35-37(33-29-11-7-3,34-30-12-8-4)36-32-28-26-24-22-20-18-16-14-10-6-2/h5-32H2,1-4H3. The van der Waals surface area contributed by atoms with E-state index in [9.17, 15) is 0 Å². The van der Waals surface area contributed by atoms with Crippen LogP contribution in [0.3, 0.4) is 0 Å². The molecule has 0 amide bonds. The smallest absolute Gasteiger partial charge is 0.351 e. The van der Waals surface area contributed by atoms with E-state index in [4.69, 9.17) is 17.7 Å². The van der Waals surface area contributed by atoms with Gasteiger partial charge in [-0.15, -0.1) is 0 Å². The molecule has 0 aromatic heterocycles. The quantitative estimate of drug-likeness (QED) is 0.0623. The zero-order chi connectivity index (χ0) is 27.1. The Hall–Kier alpha value is 0.0569. The topological polar surface area (TPSA) is 36.9 Å². The Morgan fingerprint density at radius 2 is 0.486 bits per heavy atom. The van der Waals surface area contributed by atoms with E-state index in [1.165, 1.54) is 116 Å². The summed E-state index contributed by atoms with van der Waals surface area (Å²) in [4.78, 5) is 0. The molecular formula is C32H68O4Si. The second kappa shape index (κ2) is 30.6. The minimum Gasteiger partial charge on any atom is -0.351 e. The van der Waals surface area contributed by atoms with Crippen LogP contribution in [0.5, 0.6) is 0 Å². The van der Waals surface area contributed by atoms with Crippen molar-refractivity contribution in [2.24, 2.45) is 0 Å². The lowest BCUT2D eigenvalue weighted by atomic mass is 10.1. The Morgan fingerprint density at radius 1 is 0.270 bits per heavy atom. The third kappa shape index (κ3) is 26.1. The number of hydrogen-bond donors (Lipinski definition) is 0. The van der Waals surface area contributed by atoms with E-state index < -0.39 is 9.05 Å². The van der Waals surface area contributed by atoms with Crippen molar-refractivity contribution >= 4 is 9.05 Å². The van der Waals surface area contributed by atoms with Gasteiger partial charge in [-0.2, -0.15) is 0 Å². The summed E-state index contributed by atoms with van der Waals surface area (Å²) in [5.41, 5.74) is 0. The fraction of sp³-hybridized carbons (Fsp3) is 1.00. The van der Waals surface area contributed by atoms with Gasteiger partial charge in [0, 0.05) is 26.4 Å². The van der Waals surface area contributed by atoms with E-state index in [0.717, 1.165) is 38.5 Å². The van der Waals surface area contributed by atoms with Gasteiger partial charge in [-0.05, 0) is 25.7 Å². The Balaban J connectivity index is 4.30. The summed E-state index contributed by atoms with van der Waals surface area (Å²) < 4.78 is 25.3. The third-order valence-corrected chi connectivity index (χ3v) is 9.34. The largest absolute Gasteiger partial charge is 0.679 e. The first-order valence-corrected chi connectivity index (χ1v) is 18.4. The molecule has 0 aliphatic carbocycles. The molecule has 0 saturated heterocycles. The predicted molar refractivity (Wildman–Crippen MR) is 163 cm³/mol. The molecule has 0 rings (SSSR count). The molecule has 0 atom stereocenters. The number of unbranched alkanes of at least 4 members (excludes halogenated alkanes) is 20. The van der Waals surface area contributed by atoms with E-state index in [1.807, 2.05) is 0 Å². The fourth-order valence-corrected chi connectivity index (χ4v) is 6.58. The molecule has 0 radical (unpaired) electrons. The average molecular weight is 545 g/mol. The minimum absolute atomic E-state index is 0.672. The summed E-state index contributed by atoms with van der Waals surface area (Å²) in [6, 6.07) is 0. The van der Waals surface area contributed by atoms with Crippen LogP contribution < -0.4 is 0 Å². The van der Waals surface area contributed by atoms with Crippen molar-refractivity contribution in [1.29, 1.82) is 0 Å². The molecular weight excluding hydrogens is 476 g/mol. The van der Waals surface area contributed by atoms with E-state index in [1.54, 1.807) is 0 Å². The highest BCUT2D eigenvalue weighted by Gasteiger charge is 2.45. The molecule has 0 fully saturated rings. The van der Waals surface area contributed by atoms with Gasteiger partial charge in [-0.3, -0.25) is 0 Å². The first-order chi connectivity index (χ1) is 18.2. The summed E-state index contributed by atoms with van der Waals surface area (Å²) in [5.74, 6) is 0. The minimum atomic E-state index is -3.06. The molecule has 0 aliphatic heterocycles. The molecule has 0 aliphatic rings. The molecule has 0 aromatic carbocycles. The van der Waals surface area contributed by atoms with Crippen LogP contribution in [0.1, 0.15) is 182 Å². The van der Waals surface area contributed by atoms with Gasteiger partial charge in [0.2, 0.25) is 0 Å². The van der Waals surface area contributed by atoms with Gasteiger partial charge in [0.15, 0.2) is 0 Å². The molecule has 224 valence electrons. The second-order valence-electron chi connectivity index (χ2n) is 11.0. The van der Waals surface area contributed by atoms with Crippen molar-refractivity contribution in [3.8, 4) is 0 Å². The molecule has 0 spiro atoms. The van der Waals surface area contributed by atoms with Gasteiger partial charge < -0.3 is 17.7 Å². The Labute approximate surface area is 234 Å². The zero-order valence-electron chi connectivity index (χ0n) is 25.9. The first kappa shape index (κ1) is 37.1. The lowest BCUT2D eigenvalue weighted by molar-refractivity contribution is -0.0372. The van der Waals surface area contributed by atoms with Crippen molar-refractivity contribution in [2.75, 3.05) is 26.4 Å². The Bertz CT molecular complexity index is 384. The van der Waals surface area contributed by atoms with E-state index >= 15 is 0 Å². The molecule has 0 bridgehead atoms. The summed E-state index contributed by atoms with van der Waals surface area (Å²) >= 11 is 0. The zero-order valence-corrected chi connectivity index (χ0v) is 26.9. The van der Waals surface area contributed by atoms with Crippen molar-refractivity contribution in [3.05, 3.63) is 0 Å². The Kier molecular flexibility index (Phi) is 30.6. The summed E-state index contributed by atoms with van der Waals surface area (Å²) in [5, 5.41) is 0. The van der Waals surface area contributed by atoms with E-state index in [0.29, 0.717) is 26.4 Å². The summed E-state index contributed by atoms with van der Waals surface area (Å²) in [7, 11) is -3.06. The SMILES string of the molecule is CCCCCCCCCCCCO[Si](OCCCC)(OCCCC)OCCCCCCCCCCCC. The van der Waals surface area contributed by atoms with E-state index in [-0.39, 0.29) is 0 Å². The number of rotatable bonds is 32. The highest BCUT2D eigenvalue weighted by molar-refractivity contribution is 6.53. The highest BCUT2D eigenvalue weighted by Crippen LogP contribution is 2.18. The summed E-state index contributed by atoms with van der Waals surface area (Å²) in [6.45, 7) is 11.7. The van der Waals surface area contributed by atoms with Crippen LogP contribution in [0.2, 0.25) is 0 Å². The van der Waals surface area contributed by atoms with Crippen LogP contribution >= 0.6 is 0 Å². The van der Waals surface area contributed by atoms with Crippen LogP contribution in [0.4, 0.5) is 0 Å². The highest BCUT2D eigenvalue weighted by atomic mass is 28.4. The maximum Gasteiger partial charge on any atom is 0.679 e. The average Bonchev–Trinajstić information content (AvgIpc) is 2.90. The Morgan fingerprint density at radius 3 is 0.757 bits per heavy atom. The first-order valence-electron chi connectivity index (χ1n) is 16.8. The molecule has 5 heteroatoms.